The lowest BCUT2D eigenvalue weighted by Gasteiger charge is -2.10. The molecule has 2 rings (SSSR count). The van der Waals surface area contributed by atoms with Crippen molar-refractivity contribution in [2.24, 2.45) is 0 Å². The molecule has 1 aromatic heterocycles. The summed E-state index contributed by atoms with van der Waals surface area (Å²) >= 11 is 0. The fourth-order valence-corrected chi connectivity index (χ4v) is 3.16. The van der Waals surface area contributed by atoms with Gasteiger partial charge in [-0.25, -0.2) is 8.42 Å². The van der Waals surface area contributed by atoms with Crippen molar-refractivity contribution in [3.63, 3.8) is 0 Å². The van der Waals surface area contributed by atoms with E-state index in [0.29, 0.717) is 11.3 Å². The van der Waals surface area contributed by atoms with E-state index in [0.717, 1.165) is 24.3 Å². The third-order valence-electron chi connectivity index (χ3n) is 2.68. The maximum absolute atomic E-state index is 12.7. The highest BCUT2D eigenvalue weighted by molar-refractivity contribution is 7.92. The van der Waals surface area contributed by atoms with E-state index in [1.165, 1.54) is 18.5 Å². The van der Waals surface area contributed by atoms with Gasteiger partial charge in [-0.2, -0.15) is 8.42 Å². The van der Waals surface area contributed by atoms with E-state index in [1.807, 2.05) is 0 Å². The number of rotatable bonds is 4. The molecule has 6 nitrogen and oxygen atoms in total. The summed E-state index contributed by atoms with van der Waals surface area (Å²) in [6.07, 6.45) is 2.93. The van der Waals surface area contributed by atoms with Gasteiger partial charge in [0, 0.05) is 12.4 Å². The van der Waals surface area contributed by atoms with Gasteiger partial charge in [-0.1, -0.05) is 0 Å². The number of anilines is 1. The van der Waals surface area contributed by atoms with Gasteiger partial charge in [-0.3, -0.25) is 9.71 Å². The predicted molar refractivity (Wildman–Crippen MR) is 74.5 cm³/mol. The van der Waals surface area contributed by atoms with E-state index in [-0.39, 0.29) is 4.90 Å². The van der Waals surface area contributed by atoms with Crippen LogP contribution in [-0.4, -0.2) is 21.8 Å². The zero-order chi connectivity index (χ0) is 15.7. The molecule has 0 aliphatic heterocycles. The van der Waals surface area contributed by atoms with Crippen LogP contribution in [0.3, 0.4) is 0 Å². The van der Waals surface area contributed by atoms with Crippen molar-refractivity contribution >= 4 is 25.9 Å². The molecule has 0 bridgehead atoms. The van der Waals surface area contributed by atoms with Crippen LogP contribution in [-0.2, 0) is 20.2 Å². The number of hydrogen-bond acceptors (Lipinski definition) is 5. The van der Waals surface area contributed by atoms with E-state index in [4.69, 9.17) is 0 Å². The van der Waals surface area contributed by atoms with Crippen LogP contribution >= 0.6 is 0 Å². The molecule has 1 heterocycles. The lowest BCUT2D eigenvalue weighted by molar-refractivity contribution is 0.551. The average Bonchev–Trinajstić information content (AvgIpc) is 2.40. The minimum atomic E-state index is -4.85. The molecule has 0 atom stereocenters. The molecular weight excluding hydrogens is 319 g/mol. The van der Waals surface area contributed by atoms with E-state index >= 15 is 0 Å². The molecule has 0 fully saturated rings. The zero-order valence-electron chi connectivity index (χ0n) is 10.8. The van der Waals surface area contributed by atoms with Crippen LogP contribution in [0.25, 0.3) is 0 Å². The Hall–Kier alpha value is -2.00. The van der Waals surface area contributed by atoms with Crippen molar-refractivity contribution in [3.8, 4) is 0 Å². The number of aryl methyl sites for hydroxylation is 1. The molecule has 1 aromatic carbocycles. The summed E-state index contributed by atoms with van der Waals surface area (Å²) in [5.74, 6) is 0. The lowest BCUT2D eigenvalue weighted by atomic mass is 10.3. The second-order valence-electron chi connectivity index (χ2n) is 4.21. The van der Waals surface area contributed by atoms with Gasteiger partial charge >= 0.3 is 10.2 Å². The Kier molecular flexibility index (Phi) is 3.97. The predicted octanol–water partition coefficient (Wildman–Crippen LogP) is 1.85. The number of nitrogens with zero attached hydrogens (tertiary/aromatic N) is 1. The van der Waals surface area contributed by atoms with Gasteiger partial charge in [-0.05, 0) is 42.8 Å². The SMILES string of the molecule is Cc1cnccc1NS(=O)(=O)c1ccc(S(=O)(=O)F)cc1. The molecule has 0 aliphatic carbocycles. The third-order valence-corrected chi connectivity index (χ3v) is 4.90. The van der Waals surface area contributed by atoms with Crippen molar-refractivity contribution in [1.29, 1.82) is 0 Å². The molecule has 112 valence electrons. The molecule has 2 aromatic rings. The monoisotopic (exact) mass is 330 g/mol. The van der Waals surface area contributed by atoms with Crippen molar-refractivity contribution in [3.05, 3.63) is 48.3 Å². The van der Waals surface area contributed by atoms with E-state index < -0.39 is 25.1 Å². The first-order valence-electron chi connectivity index (χ1n) is 5.68. The Morgan fingerprint density at radius 1 is 1.00 bits per heavy atom. The minimum absolute atomic E-state index is 0.175. The van der Waals surface area contributed by atoms with Crippen LogP contribution in [0.5, 0.6) is 0 Å². The normalized spacial score (nSPS) is 12.1. The summed E-state index contributed by atoms with van der Waals surface area (Å²) in [4.78, 5) is 3.07. The number of nitrogens with one attached hydrogen (secondary N) is 1. The second kappa shape index (κ2) is 5.41. The highest BCUT2D eigenvalue weighted by Gasteiger charge is 2.17. The number of sulfonamides is 1. The van der Waals surface area contributed by atoms with E-state index in [9.17, 15) is 20.7 Å². The fraction of sp³-hybridized carbons (Fsp3) is 0.0833. The summed E-state index contributed by atoms with van der Waals surface area (Å²) in [5, 5.41) is 0. The number of hydrogen-bond donors (Lipinski definition) is 1. The van der Waals surface area contributed by atoms with Crippen LogP contribution in [0.1, 0.15) is 5.56 Å². The maximum Gasteiger partial charge on any atom is 0.332 e. The van der Waals surface area contributed by atoms with Gasteiger partial charge in [0.1, 0.15) is 0 Å². The summed E-state index contributed by atoms with van der Waals surface area (Å²) in [5.41, 5.74) is 0.983. The van der Waals surface area contributed by atoms with E-state index in [1.54, 1.807) is 6.92 Å². The molecule has 0 saturated heterocycles. The van der Waals surface area contributed by atoms with Gasteiger partial charge in [0.2, 0.25) is 0 Å². The van der Waals surface area contributed by atoms with Crippen LogP contribution in [0.15, 0.2) is 52.5 Å². The minimum Gasteiger partial charge on any atom is -0.279 e. The summed E-state index contributed by atoms with van der Waals surface area (Å²) < 4.78 is 60.8. The molecule has 0 unspecified atom stereocenters. The molecule has 9 heteroatoms. The van der Waals surface area contributed by atoms with Gasteiger partial charge in [0.25, 0.3) is 10.0 Å². The first-order chi connectivity index (χ1) is 9.70. The van der Waals surface area contributed by atoms with Gasteiger partial charge < -0.3 is 0 Å². The molecule has 0 saturated carbocycles. The molecule has 0 radical (unpaired) electrons. The highest BCUT2D eigenvalue weighted by atomic mass is 32.3. The van der Waals surface area contributed by atoms with Crippen molar-refractivity contribution < 1.29 is 20.7 Å². The molecule has 1 N–H and O–H groups in total. The van der Waals surface area contributed by atoms with Crippen LogP contribution in [0.2, 0.25) is 0 Å². The Balaban J connectivity index is 2.35. The number of pyridine rings is 1. The quantitative estimate of drug-likeness (QED) is 0.864. The molecule has 21 heavy (non-hydrogen) atoms. The highest BCUT2D eigenvalue weighted by Crippen LogP contribution is 2.20. The topological polar surface area (TPSA) is 93.2 Å². The number of benzene rings is 1. The average molecular weight is 330 g/mol. The smallest absolute Gasteiger partial charge is 0.279 e. The molecular formula is C12H11FN2O4S2. The Labute approximate surface area is 121 Å². The largest absolute Gasteiger partial charge is 0.332 e. The van der Waals surface area contributed by atoms with Crippen molar-refractivity contribution in [1.82, 2.24) is 4.98 Å². The second-order valence-corrected chi connectivity index (χ2v) is 7.23. The van der Waals surface area contributed by atoms with Crippen LogP contribution in [0, 0.1) is 6.92 Å². The standard InChI is InChI=1S/C12H11FN2O4S2/c1-9-8-14-7-6-12(9)15-21(18,19)11-4-2-10(3-5-11)20(13,16)17/h2-8H,1H3,(H,14,15). The van der Waals surface area contributed by atoms with Crippen molar-refractivity contribution in [2.75, 3.05) is 4.72 Å². The Morgan fingerprint density at radius 2 is 1.57 bits per heavy atom. The fourth-order valence-electron chi connectivity index (χ4n) is 1.57. The molecule has 0 amide bonds. The number of halogens is 1. The summed E-state index contributed by atoms with van der Waals surface area (Å²) in [6.45, 7) is 1.68. The lowest BCUT2D eigenvalue weighted by Crippen LogP contribution is -2.14. The zero-order valence-corrected chi connectivity index (χ0v) is 12.4. The maximum atomic E-state index is 12.7. The van der Waals surface area contributed by atoms with Gasteiger partial charge in [0.15, 0.2) is 0 Å². The van der Waals surface area contributed by atoms with E-state index in [2.05, 4.69) is 9.71 Å². The van der Waals surface area contributed by atoms with Crippen LogP contribution in [0.4, 0.5) is 9.57 Å². The summed E-state index contributed by atoms with van der Waals surface area (Å²) in [6, 6.07) is 5.32. The molecule has 0 aliphatic rings. The first-order valence-corrected chi connectivity index (χ1v) is 8.55. The van der Waals surface area contributed by atoms with Crippen molar-refractivity contribution in [2.45, 2.75) is 16.7 Å². The Bertz CT molecular complexity index is 862. The first kappa shape index (κ1) is 15.4. The molecule has 0 spiro atoms. The van der Waals surface area contributed by atoms with Gasteiger partial charge in [0.05, 0.1) is 15.5 Å². The van der Waals surface area contributed by atoms with Gasteiger partial charge in [-0.15, -0.1) is 3.89 Å². The summed E-state index contributed by atoms with van der Waals surface area (Å²) in [7, 11) is -8.75. The third kappa shape index (κ3) is 3.56. The Morgan fingerprint density at radius 3 is 2.10 bits per heavy atom. The van der Waals surface area contributed by atoms with Crippen LogP contribution < -0.4 is 4.72 Å². The number of aromatic nitrogens is 1.